The average Bonchev–Trinajstić information content (AvgIpc) is 2.23. The van der Waals surface area contributed by atoms with E-state index in [4.69, 9.17) is 11.5 Å². The summed E-state index contributed by atoms with van der Waals surface area (Å²) in [5.74, 6) is -0.263. The Morgan fingerprint density at radius 2 is 1.89 bits per heavy atom. The first kappa shape index (κ1) is 15.3. The van der Waals surface area contributed by atoms with Gasteiger partial charge < -0.3 is 11.5 Å². The monoisotopic (exact) mass is 295 g/mol. The molecule has 0 aromatic heterocycles. The van der Waals surface area contributed by atoms with Crippen LogP contribution in [0, 0.1) is 0 Å². The maximum Gasteiger partial charge on any atom is 0.417 e. The average molecular weight is 295 g/mol. The maximum atomic E-state index is 12.8. The quantitative estimate of drug-likeness (QED) is 0.639. The van der Waals surface area contributed by atoms with Crippen molar-refractivity contribution in [3.63, 3.8) is 0 Å². The van der Waals surface area contributed by atoms with Crippen LogP contribution in [-0.4, -0.2) is 20.6 Å². The molecule has 0 aliphatic carbocycles. The van der Waals surface area contributed by atoms with Gasteiger partial charge in [-0.25, -0.2) is 13.4 Å². The third kappa shape index (κ3) is 4.12. The Kier molecular flexibility index (Phi) is 4.09. The normalized spacial score (nSPS) is 12.2. The van der Waals surface area contributed by atoms with E-state index >= 15 is 0 Å². The number of sulfone groups is 1. The van der Waals surface area contributed by atoms with Gasteiger partial charge in [0.05, 0.1) is 17.0 Å². The predicted molar refractivity (Wildman–Crippen MR) is 64.1 cm³/mol. The maximum absolute atomic E-state index is 12.8. The molecule has 0 atom stereocenters. The lowest BCUT2D eigenvalue weighted by Crippen LogP contribution is -2.22. The molecule has 0 saturated heterocycles. The predicted octanol–water partition coefficient (Wildman–Crippen LogP) is 0.882. The van der Waals surface area contributed by atoms with Gasteiger partial charge in [-0.05, 0) is 17.7 Å². The summed E-state index contributed by atoms with van der Waals surface area (Å²) in [6, 6.07) is 2.86. The summed E-state index contributed by atoms with van der Waals surface area (Å²) in [4.78, 5) is 2.80. The van der Waals surface area contributed by atoms with Gasteiger partial charge >= 0.3 is 6.18 Å². The lowest BCUT2D eigenvalue weighted by atomic mass is 10.1. The molecule has 9 heteroatoms. The van der Waals surface area contributed by atoms with E-state index in [9.17, 15) is 21.6 Å². The summed E-state index contributed by atoms with van der Waals surface area (Å²) in [6.07, 6.45) is -4.06. The molecule has 19 heavy (non-hydrogen) atoms. The topological polar surface area (TPSA) is 98.5 Å². The van der Waals surface area contributed by atoms with Crippen molar-refractivity contribution in [2.24, 2.45) is 16.5 Å². The van der Waals surface area contributed by atoms with Crippen LogP contribution in [0.1, 0.15) is 11.1 Å². The molecular formula is C10H12F3N3O2S. The summed E-state index contributed by atoms with van der Waals surface area (Å²) in [6.45, 7) is -0.157. The van der Waals surface area contributed by atoms with E-state index < -0.39 is 26.5 Å². The summed E-state index contributed by atoms with van der Waals surface area (Å²) < 4.78 is 61.0. The summed E-state index contributed by atoms with van der Waals surface area (Å²) in [5, 5.41) is 0. The number of alkyl halides is 3. The zero-order valence-electron chi connectivity index (χ0n) is 9.90. The highest BCUT2D eigenvalue weighted by Gasteiger charge is 2.36. The van der Waals surface area contributed by atoms with Crippen molar-refractivity contribution in [3.05, 3.63) is 29.3 Å². The number of aliphatic imine (C=N–C) groups is 1. The van der Waals surface area contributed by atoms with Gasteiger partial charge in [0.15, 0.2) is 15.8 Å². The molecule has 0 bridgehead atoms. The van der Waals surface area contributed by atoms with Crippen LogP contribution in [0.5, 0.6) is 0 Å². The standard InChI is InChI=1S/C10H12F3N3O2S/c1-19(17,18)8-3-2-6(5-16-9(14)15)4-7(8)10(11,12)13/h2-4H,5H2,1H3,(H4,14,15,16). The molecule has 0 saturated carbocycles. The molecule has 0 radical (unpaired) electrons. The van der Waals surface area contributed by atoms with Crippen LogP contribution in [0.2, 0.25) is 0 Å². The molecule has 0 fully saturated rings. The minimum atomic E-state index is -4.77. The fourth-order valence-corrected chi connectivity index (χ4v) is 2.29. The Morgan fingerprint density at radius 1 is 1.32 bits per heavy atom. The second kappa shape index (κ2) is 5.08. The Labute approximate surface area is 108 Å². The molecule has 1 aromatic carbocycles. The summed E-state index contributed by atoms with van der Waals surface area (Å²) in [7, 11) is -3.97. The number of rotatable bonds is 3. The van der Waals surface area contributed by atoms with Crippen LogP contribution >= 0.6 is 0 Å². The lowest BCUT2D eigenvalue weighted by molar-refractivity contribution is -0.139. The molecule has 1 aromatic rings. The number of benzene rings is 1. The van der Waals surface area contributed by atoms with Crippen molar-refractivity contribution in [2.45, 2.75) is 17.6 Å². The Balaban J connectivity index is 3.36. The van der Waals surface area contributed by atoms with Crippen LogP contribution < -0.4 is 11.5 Å². The van der Waals surface area contributed by atoms with Crippen molar-refractivity contribution in [1.82, 2.24) is 0 Å². The molecule has 0 heterocycles. The van der Waals surface area contributed by atoms with E-state index in [2.05, 4.69) is 4.99 Å². The van der Waals surface area contributed by atoms with Crippen molar-refractivity contribution < 1.29 is 21.6 Å². The first-order chi connectivity index (χ1) is 8.51. The molecule has 106 valence electrons. The van der Waals surface area contributed by atoms with Gasteiger partial charge in [-0.2, -0.15) is 13.2 Å². The van der Waals surface area contributed by atoms with Crippen LogP contribution in [0.4, 0.5) is 13.2 Å². The van der Waals surface area contributed by atoms with Crippen LogP contribution in [0.3, 0.4) is 0 Å². The smallest absolute Gasteiger partial charge is 0.370 e. The zero-order valence-corrected chi connectivity index (χ0v) is 10.7. The van der Waals surface area contributed by atoms with Crippen molar-refractivity contribution >= 4 is 15.8 Å². The molecular weight excluding hydrogens is 283 g/mol. The van der Waals surface area contributed by atoms with Crippen LogP contribution in [-0.2, 0) is 22.6 Å². The first-order valence-electron chi connectivity index (χ1n) is 4.97. The summed E-state index contributed by atoms with van der Waals surface area (Å²) in [5.41, 5.74) is 9.08. The fourth-order valence-electron chi connectivity index (χ4n) is 1.40. The molecule has 0 aliphatic heterocycles. The molecule has 0 spiro atoms. The zero-order chi connectivity index (χ0) is 14.8. The van der Waals surface area contributed by atoms with Gasteiger partial charge in [-0.3, -0.25) is 0 Å². The van der Waals surface area contributed by atoms with Crippen molar-refractivity contribution in [2.75, 3.05) is 6.26 Å². The molecule has 0 amide bonds. The minimum absolute atomic E-state index is 0.157. The van der Waals surface area contributed by atoms with Gasteiger partial charge in [0.25, 0.3) is 0 Å². The molecule has 0 aliphatic rings. The van der Waals surface area contributed by atoms with Crippen molar-refractivity contribution in [1.29, 1.82) is 0 Å². The Morgan fingerprint density at radius 3 is 2.32 bits per heavy atom. The number of guanidine groups is 1. The number of nitrogens with two attached hydrogens (primary N) is 2. The molecule has 1 rings (SSSR count). The number of halogens is 3. The van der Waals surface area contributed by atoms with Gasteiger partial charge in [0, 0.05) is 6.26 Å². The van der Waals surface area contributed by atoms with Gasteiger partial charge in [0.2, 0.25) is 0 Å². The number of hydrogen-bond donors (Lipinski definition) is 2. The lowest BCUT2D eigenvalue weighted by Gasteiger charge is -2.12. The third-order valence-corrected chi connectivity index (χ3v) is 3.35. The van der Waals surface area contributed by atoms with Crippen LogP contribution in [0.15, 0.2) is 28.1 Å². The molecule has 0 unspecified atom stereocenters. The summed E-state index contributed by atoms with van der Waals surface area (Å²) >= 11 is 0. The van der Waals surface area contributed by atoms with Gasteiger partial charge in [-0.15, -0.1) is 0 Å². The number of nitrogens with zero attached hydrogens (tertiary/aromatic N) is 1. The first-order valence-corrected chi connectivity index (χ1v) is 6.86. The van der Waals surface area contributed by atoms with Crippen LogP contribution in [0.25, 0.3) is 0 Å². The Bertz CT molecular complexity index is 605. The highest BCUT2D eigenvalue weighted by molar-refractivity contribution is 7.90. The van der Waals surface area contributed by atoms with E-state index in [0.29, 0.717) is 6.26 Å². The largest absolute Gasteiger partial charge is 0.417 e. The van der Waals surface area contributed by atoms with Crippen molar-refractivity contribution in [3.8, 4) is 0 Å². The van der Waals surface area contributed by atoms with Gasteiger partial charge in [-0.1, -0.05) is 6.07 Å². The highest BCUT2D eigenvalue weighted by atomic mass is 32.2. The minimum Gasteiger partial charge on any atom is -0.370 e. The van der Waals surface area contributed by atoms with E-state index in [1.54, 1.807) is 0 Å². The molecule has 4 N–H and O–H groups in total. The third-order valence-electron chi connectivity index (χ3n) is 2.19. The molecule has 5 nitrogen and oxygen atoms in total. The SMILES string of the molecule is CS(=O)(=O)c1ccc(CN=C(N)N)cc1C(F)(F)F. The second-order valence-electron chi connectivity index (χ2n) is 3.84. The van der Waals surface area contributed by atoms with Gasteiger partial charge in [0.1, 0.15) is 0 Å². The van der Waals surface area contributed by atoms with E-state index in [1.807, 2.05) is 0 Å². The van der Waals surface area contributed by atoms with E-state index in [1.165, 1.54) is 6.07 Å². The van der Waals surface area contributed by atoms with E-state index in [-0.39, 0.29) is 18.1 Å². The van der Waals surface area contributed by atoms with E-state index in [0.717, 1.165) is 12.1 Å². The Hall–Kier alpha value is -1.77. The second-order valence-corrected chi connectivity index (χ2v) is 5.83. The number of hydrogen-bond acceptors (Lipinski definition) is 3. The highest BCUT2D eigenvalue weighted by Crippen LogP contribution is 2.34. The fraction of sp³-hybridized carbons (Fsp3) is 0.300.